The first-order valence-corrected chi connectivity index (χ1v) is 10.1. The number of nitrogens with zero attached hydrogens (tertiary/aromatic N) is 5. The van der Waals surface area contributed by atoms with Crippen LogP contribution in [-0.4, -0.2) is 55.6 Å². The highest BCUT2D eigenvalue weighted by Gasteiger charge is 2.30. The van der Waals surface area contributed by atoms with E-state index >= 15 is 0 Å². The van der Waals surface area contributed by atoms with E-state index in [4.69, 9.17) is 0 Å². The smallest absolute Gasteiger partial charge is 0.317 e. The summed E-state index contributed by atoms with van der Waals surface area (Å²) in [5.41, 5.74) is 2.14. The van der Waals surface area contributed by atoms with Crippen LogP contribution >= 0.6 is 0 Å². The van der Waals surface area contributed by atoms with Gasteiger partial charge in [0.2, 0.25) is 0 Å². The molecule has 1 aliphatic heterocycles. The molecule has 1 saturated heterocycles. The van der Waals surface area contributed by atoms with Gasteiger partial charge in [0.25, 0.3) is 5.91 Å². The monoisotopic (exact) mass is 407 g/mol. The van der Waals surface area contributed by atoms with Gasteiger partial charge in [0.1, 0.15) is 5.82 Å². The van der Waals surface area contributed by atoms with Crippen molar-refractivity contribution in [3.8, 4) is 0 Å². The lowest BCUT2D eigenvalue weighted by molar-refractivity contribution is 0.0950. The molecule has 1 aliphatic rings. The van der Waals surface area contributed by atoms with Crippen molar-refractivity contribution in [2.24, 2.45) is 0 Å². The number of amides is 3. The van der Waals surface area contributed by atoms with Crippen LogP contribution in [0.15, 0.2) is 42.9 Å². The summed E-state index contributed by atoms with van der Waals surface area (Å²) in [5.74, 6) is 0.670. The highest BCUT2D eigenvalue weighted by molar-refractivity contribution is 5.94. The van der Waals surface area contributed by atoms with Crippen molar-refractivity contribution < 1.29 is 9.59 Å². The maximum absolute atomic E-state index is 12.6. The molecule has 0 saturated carbocycles. The second kappa shape index (κ2) is 8.48. The second-order valence-electron chi connectivity index (χ2n) is 7.78. The quantitative estimate of drug-likeness (QED) is 0.673. The predicted molar refractivity (Wildman–Crippen MR) is 111 cm³/mol. The maximum Gasteiger partial charge on any atom is 0.317 e. The Morgan fingerprint density at radius 2 is 2.10 bits per heavy atom. The average Bonchev–Trinajstić information content (AvgIpc) is 3.38. The van der Waals surface area contributed by atoms with Crippen LogP contribution in [-0.2, 0) is 6.54 Å². The summed E-state index contributed by atoms with van der Waals surface area (Å²) < 4.78 is 1.85. The molecule has 0 radical (unpaired) electrons. The standard InChI is InChI=1S/C21H25N7O2/c1-14(2)24-21(30)27-9-7-16(12-27)19-26-25-18-6-5-17(13-28(18)19)20(29)23-11-15-4-3-8-22-10-15/h3-6,8,10,13-14,16H,7,9,11-12H2,1-2H3,(H,23,29)(H,24,30). The zero-order chi connectivity index (χ0) is 21.1. The molecule has 1 fully saturated rings. The summed E-state index contributed by atoms with van der Waals surface area (Å²) in [4.78, 5) is 30.8. The molecule has 2 N–H and O–H groups in total. The summed E-state index contributed by atoms with van der Waals surface area (Å²) in [6.07, 6.45) is 6.00. The van der Waals surface area contributed by atoms with Crippen LogP contribution in [0.25, 0.3) is 5.65 Å². The van der Waals surface area contributed by atoms with E-state index in [0.29, 0.717) is 30.8 Å². The molecule has 1 unspecified atom stereocenters. The summed E-state index contributed by atoms with van der Waals surface area (Å²) >= 11 is 0. The molecule has 30 heavy (non-hydrogen) atoms. The maximum atomic E-state index is 12.6. The molecule has 0 spiro atoms. The SMILES string of the molecule is CC(C)NC(=O)N1CCC(c2nnc3ccc(C(=O)NCc4cccnc4)cn23)C1. The Balaban J connectivity index is 1.48. The number of pyridine rings is 2. The number of likely N-dealkylation sites (tertiary alicyclic amines) is 1. The number of rotatable bonds is 5. The Hall–Kier alpha value is -3.49. The highest BCUT2D eigenvalue weighted by atomic mass is 16.2. The van der Waals surface area contributed by atoms with Crippen LogP contribution in [0.1, 0.15) is 47.9 Å². The molecule has 4 rings (SSSR count). The largest absolute Gasteiger partial charge is 0.348 e. The summed E-state index contributed by atoms with van der Waals surface area (Å²) in [6.45, 7) is 5.54. The van der Waals surface area contributed by atoms with Crippen LogP contribution < -0.4 is 10.6 Å². The number of carbonyl (C=O) groups excluding carboxylic acids is 2. The minimum absolute atomic E-state index is 0.0585. The number of carbonyl (C=O) groups is 2. The van der Waals surface area contributed by atoms with Gasteiger partial charge in [-0.15, -0.1) is 10.2 Å². The fraction of sp³-hybridized carbons (Fsp3) is 0.381. The Morgan fingerprint density at radius 1 is 1.23 bits per heavy atom. The minimum atomic E-state index is -0.176. The van der Waals surface area contributed by atoms with Crippen LogP contribution in [0, 0.1) is 0 Å². The number of hydrogen-bond acceptors (Lipinski definition) is 5. The van der Waals surface area contributed by atoms with Gasteiger partial charge >= 0.3 is 6.03 Å². The van der Waals surface area contributed by atoms with Gasteiger partial charge in [-0.3, -0.25) is 14.2 Å². The topological polar surface area (TPSA) is 105 Å². The van der Waals surface area contributed by atoms with Gasteiger partial charge in [-0.1, -0.05) is 6.07 Å². The zero-order valence-electron chi connectivity index (χ0n) is 17.1. The van der Waals surface area contributed by atoms with Crippen molar-refractivity contribution in [1.29, 1.82) is 0 Å². The van der Waals surface area contributed by atoms with E-state index in [2.05, 4.69) is 25.8 Å². The van der Waals surface area contributed by atoms with Crippen LogP contribution in [0.3, 0.4) is 0 Å². The Kier molecular flexibility index (Phi) is 5.60. The van der Waals surface area contributed by atoms with E-state index in [1.807, 2.05) is 30.4 Å². The van der Waals surface area contributed by atoms with Crippen molar-refractivity contribution in [2.75, 3.05) is 13.1 Å². The van der Waals surface area contributed by atoms with E-state index in [-0.39, 0.29) is 23.9 Å². The summed E-state index contributed by atoms with van der Waals surface area (Å²) in [7, 11) is 0. The first-order chi connectivity index (χ1) is 14.5. The first-order valence-electron chi connectivity index (χ1n) is 10.1. The molecule has 3 amide bonds. The average molecular weight is 407 g/mol. The molecule has 156 valence electrons. The van der Waals surface area contributed by atoms with Crippen molar-refractivity contribution >= 4 is 17.6 Å². The van der Waals surface area contributed by atoms with Gasteiger partial charge in [0.15, 0.2) is 5.65 Å². The van der Waals surface area contributed by atoms with Gasteiger partial charge in [-0.2, -0.15) is 0 Å². The number of aromatic nitrogens is 4. The predicted octanol–water partition coefficient (Wildman–Crippen LogP) is 1.96. The number of fused-ring (bicyclic) bond motifs is 1. The number of hydrogen-bond donors (Lipinski definition) is 2. The van der Waals surface area contributed by atoms with Crippen LogP contribution in [0.2, 0.25) is 0 Å². The summed E-state index contributed by atoms with van der Waals surface area (Å²) in [6, 6.07) is 7.31. The van der Waals surface area contributed by atoms with E-state index in [0.717, 1.165) is 17.8 Å². The molecule has 9 nitrogen and oxygen atoms in total. The lowest BCUT2D eigenvalue weighted by Gasteiger charge is -2.18. The fourth-order valence-electron chi connectivity index (χ4n) is 3.60. The van der Waals surface area contributed by atoms with E-state index in [9.17, 15) is 9.59 Å². The van der Waals surface area contributed by atoms with Gasteiger partial charge < -0.3 is 15.5 Å². The minimum Gasteiger partial charge on any atom is -0.348 e. The van der Waals surface area contributed by atoms with E-state index in [1.165, 1.54) is 0 Å². The zero-order valence-corrected chi connectivity index (χ0v) is 17.1. The molecule has 3 aromatic rings. The fourth-order valence-corrected chi connectivity index (χ4v) is 3.60. The van der Waals surface area contributed by atoms with Crippen LogP contribution in [0.5, 0.6) is 0 Å². The molecular formula is C21H25N7O2. The number of nitrogens with one attached hydrogen (secondary N) is 2. The molecule has 0 bridgehead atoms. The van der Waals surface area contributed by atoms with Gasteiger partial charge in [0.05, 0.1) is 5.56 Å². The molecular weight excluding hydrogens is 382 g/mol. The lowest BCUT2D eigenvalue weighted by Crippen LogP contribution is -2.41. The summed E-state index contributed by atoms with van der Waals surface area (Å²) in [5, 5.41) is 14.4. The van der Waals surface area contributed by atoms with Gasteiger partial charge in [-0.05, 0) is 44.0 Å². The Morgan fingerprint density at radius 3 is 2.87 bits per heavy atom. The second-order valence-corrected chi connectivity index (χ2v) is 7.78. The normalized spacial score (nSPS) is 16.2. The Bertz CT molecular complexity index is 1050. The highest BCUT2D eigenvalue weighted by Crippen LogP contribution is 2.26. The molecule has 0 aromatic carbocycles. The number of urea groups is 1. The molecule has 0 aliphatic carbocycles. The van der Waals surface area contributed by atoms with Crippen LogP contribution in [0.4, 0.5) is 4.79 Å². The van der Waals surface area contributed by atoms with E-state index in [1.54, 1.807) is 35.6 Å². The molecule has 3 aromatic heterocycles. The third kappa shape index (κ3) is 4.24. The lowest BCUT2D eigenvalue weighted by atomic mass is 10.1. The Labute approximate surface area is 174 Å². The van der Waals surface area contributed by atoms with Gasteiger partial charge in [-0.25, -0.2) is 4.79 Å². The van der Waals surface area contributed by atoms with E-state index < -0.39 is 0 Å². The van der Waals surface area contributed by atoms with Crippen molar-refractivity contribution in [3.63, 3.8) is 0 Å². The molecule has 4 heterocycles. The first kappa shape index (κ1) is 19.8. The van der Waals surface area contributed by atoms with Crippen molar-refractivity contribution in [3.05, 3.63) is 59.8 Å². The third-order valence-corrected chi connectivity index (χ3v) is 5.12. The van der Waals surface area contributed by atoms with Crippen molar-refractivity contribution in [1.82, 2.24) is 35.1 Å². The van der Waals surface area contributed by atoms with Gasteiger partial charge in [0, 0.05) is 50.2 Å². The molecule has 1 atom stereocenters. The molecule has 9 heteroatoms. The van der Waals surface area contributed by atoms with Crippen molar-refractivity contribution in [2.45, 2.75) is 38.8 Å². The third-order valence-electron chi connectivity index (χ3n) is 5.12.